The van der Waals surface area contributed by atoms with Crippen LogP contribution in [0, 0.1) is 0 Å². The molecule has 1 unspecified atom stereocenters. The van der Waals surface area contributed by atoms with E-state index in [1.54, 1.807) is 7.11 Å². The molecule has 0 saturated carbocycles. The average Bonchev–Trinajstić information content (AvgIpc) is 2.29. The van der Waals surface area contributed by atoms with Gasteiger partial charge in [-0.05, 0) is 19.4 Å². The normalized spacial score (nSPS) is 12.9. The molecule has 0 saturated heterocycles. The van der Waals surface area contributed by atoms with E-state index in [2.05, 4.69) is 19.2 Å². The highest BCUT2D eigenvalue weighted by Gasteiger charge is 2.07. The van der Waals surface area contributed by atoms with E-state index in [0.717, 1.165) is 26.1 Å². The molecule has 0 fully saturated rings. The molecular weight excluding hydrogens is 202 g/mol. The van der Waals surface area contributed by atoms with Gasteiger partial charge in [0.1, 0.15) is 0 Å². The molecule has 0 aliphatic heterocycles. The first kappa shape index (κ1) is 15.9. The summed E-state index contributed by atoms with van der Waals surface area (Å²) in [6, 6.07) is 0. The first-order valence-corrected chi connectivity index (χ1v) is 6.66. The summed E-state index contributed by atoms with van der Waals surface area (Å²) in [5.74, 6) is 0. The van der Waals surface area contributed by atoms with Crippen molar-refractivity contribution in [3.8, 4) is 0 Å². The van der Waals surface area contributed by atoms with Gasteiger partial charge in [-0.1, -0.05) is 33.1 Å². The summed E-state index contributed by atoms with van der Waals surface area (Å²) < 4.78 is 10.9. The van der Waals surface area contributed by atoms with Gasteiger partial charge in [0, 0.05) is 20.3 Å². The third-order valence-corrected chi connectivity index (χ3v) is 2.50. The summed E-state index contributed by atoms with van der Waals surface area (Å²) in [5, 5.41) is 3.37. The zero-order chi connectivity index (χ0) is 12.1. The van der Waals surface area contributed by atoms with Crippen LogP contribution in [0.1, 0.15) is 46.0 Å². The largest absolute Gasteiger partial charge is 0.382 e. The van der Waals surface area contributed by atoms with Crippen molar-refractivity contribution >= 4 is 0 Å². The number of methoxy groups -OCH3 is 1. The summed E-state index contributed by atoms with van der Waals surface area (Å²) in [7, 11) is 1.73. The summed E-state index contributed by atoms with van der Waals surface area (Å²) in [6.07, 6.45) is 6.40. The Balaban J connectivity index is 3.43. The fourth-order valence-electron chi connectivity index (χ4n) is 1.57. The highest BCUT2D eigenvalue weighted by atomic mass is 16.5. The molecule has 0 bridgehead atoms. The van der Waals surface area contributed by atoms with Crippen molar-refractivity contribution in [2.24, 2.45) is 0 Å². The molecule has 0 aromatic heterocycles. The average molecular weight is 231 g/mol. The van der Waals surface area contributed by atoms with Crippen molar-refractivity contribution in [1.29, 1.82) is 0 Å². The van der Waals surface area contributed by atoms with E-state index >= 15 is 0 Å². The molecule has 16 heavy (non-hydrogen) atoms. The highest BCUT2D eigenvalue weighted by Crippen LogP contribution is 2.01. The Hall–Kier alpha value is -0.120. The topological polar surface area (TPSA) is 30.5 Å². The molecule has 0 rings (SSSR count). The molecule has 3 heteroatoms. The van der Waals surface area contributed by atoms with Crippen molar-refractivity contribution in [2.75, 3.05) is 33.4 Å². The molecule has 98 valence electrons. The van der Waals surface area contributed by atoms with Crippen LogP contribution in [0.3, 0.4) is 0 Å². The Kier molecular flexibility index (Phi) is 12.9. The third-order valence-electron chi connectivity index (χ3n) is 2.50. The maximum atomic E-state index is 5.79. The Bertz CT molecular complexity index is 131. The van der Waals surface area contributed by atoms with E-state index in [1.807, 2.05) is 0 Å². The van der Waals surface area contributed by atoms with Crippen molar-refractivity contribution in [3.05, 3.63) is 0 Å². The predicted molar refractivity (Wildman–Crippen MR) is 68.9 cm³/mol. The van der Waals surface area contributed by atoms with Gasteiger partial charge in [0.2, 0.25) is 0 Å². The van der Waals surface area contributed by atoms with Crippen molar-refractivity contribution in [1.82, 2.24) is 5.32 Å². The van der Waals surface area contributed by atoms with Gasteiger partial charge in [-0.3, -0.25) is 0 Å². The Morgan fingerprint density at radius 3 is 2.50 bits per heavy atom. The maximum absolute atomic E-state index is 5.79. The van der Waals surface area contributed by atoms with Crippen LogP contribution in [0.2, 0.25) is 0 Å². The van der Waals surface area contributed by atoms with Crippen LogP contribution in [-0.4, -0.2) is 39.5 Å². The zero-order valence-corrected chi connectivity index (χ0v) is 11.3. The summed E-state index contributed by atoms with van der Waals surface area (Å²) in [5.41, 5.74) is 0. The lowest BCUT2D eigenvalue weighted by atomic mass is 10.2. The first-order chi connectivity index (χ1) is 7.85. The molecule has 3 nitrogen and oxygen atoms in total. The van der Waals surface area contributed by atoms with Crippen molar-refractivity contribution in [2.45, 2.75) is 52.1 Å². The van der Waals surface area contributed by atoms with Crippen LogP contribution in [-0.2, 0) is 9.47 Å². The fraction of sp³-hybridized carbons (Fsp3) is 1.00. The summed E-state index contributed by atoms with van der Waals surface area (Å²) in [4.78, 5) is 0. The quantitative estimate of drug-likeness (QED) is 0.524. The van der Waals surface area contributed by atoms with E-state index in [-0.39, 0.29) is 6.10 Å². The second kappa shape index (κ2) is 12.9. The number of nitrogens with one attached hydrogen (secondary N) is 1. The standard InChI is InChI=1S/C13H29NO2/c1-4-6-7-8-10-16-13(12-15-3)11-14-9-5-2/h13-14H,4-12H2,1-3H3. The molecule has 1 N–H and O–H groups in total. The van der Waals surface area contributed by atoms with Crippen LogP contribution in [0.25, 0.3) is 0 Å². The molecule has 0 radical (unpaired) electrons. The molecular formula is C13H29NO2. The summed E-state index contributed by atoms with van der Waals surface area (Å²) >= 11 is 0. The van der Waals surface area contributed by atoms with Crippen molar-refractivity contribution < 1.29 is 9.47 Å². The van der Waals surface area contributed by atoms with Gasteiger partial charge in [0.05, 0.1) is 12.7 Å². The van der Waals surface area contributed by atoms with Crippen LogP contribution in [0.4, 0.5) is 0 Å². The minimum atomic E-state index is 0.207. The second-order valence-corrected chi connectivity index (χ2v) is 4.21. The second-order valence-electron chi connectivity index (χ2n) is 4.21. The fourth-order valence-corrected chi connectivity index (χ4v) is 1.57. The Morgan fingerprint density at radius 1 is 1.06 bits per heavy atom. The Morgan fingerprint density at radius 2 is 1.88 bits per heavy atom. The lowest BCUT2D eigenvalue weighted by Gasteiger charge is -2.17. The van der Waals surface area contributed by atoms with E-state index in [1.165, 1.54) is 25.7 Å². The van der Waals surface area contributed by atoms with Gasteiger partial charge in [-0.2, -0.15) is 0 Å². The van der Waals surface area contributed by atoms with Crippen LogP contribution < -0.4 is 5.32 Å². The lowest BCUT2D eigenvalue weighted by molar-refractivity contribution is -0.00230. The van der Waals surface area contributed by atoms with Gasteiger partial charge < -0.3 is 14.8 Å². The third kappa shape index (κ3) is 10.4. The monoisotopic (exact) mass is 231 g/mol. The minimum absolute atomic E-state index is 0.207. The molecule has 1 atom stereocenters. The van der Waals surface area contributed by atoms with Gasteiger partial charge >= 0.3 is 0 Å². The van der Waals surface area contributed by atoms with Crippen LogP contribution in [0.15, 0.2) is 0 Å². The Labute approximate surface area is 101 Å². The van der Waals surface area contributed by atoms with Crippen LogP contribution >= 0.6 is 0 Å². The molecule has 0 aromatic rings. The molecule has 0 aliphatic carbocycles. The van der Waals surface area contributed by atoms with E-state index in [0.29, 0.717) is 6.61 Å². The predicted octanol–water partition coefficient (Wildman–Crippen LogP) is 2.60. The van der Waals surface area contributed by atoms with Gasteiger partial charge in [-0.15, -0.1) is 0 Å². The number of hydrogen-bond donors (Lipinski definition) is 1. The minimum Gasteiger partial charge on any atom is -0.382 e. The van der Waals surface area contributed by atoms with E-state index < -0.39 is 0 Å². The van der Waals surface area contributed by atoms with Crippen LogP contribution in [0.5, 0.6) is 0 Å². The van der Waals surface area contributed by atoms with E-state index in [4.69, 9.17) is 9.47 Å². The molecule has 0 heterocycles. The first-order valence-electron chi connectivity index (χ1n) is 6.66. The number of unbranched alkanes of at least 4 members (excludes halogenated alkanes) is 3. The number of ether oxygens (including phenoxy) is 2. The maximum Gasteiger partial charge on any atom is 0.0932 e. The van der Waals surface area contributed by atoms with Gasteiger partial charge in [-0.25, -0.2) is 0 Å². The smallest absolute Gasteiger partial charge is 0.0932 e. The van der Waals surface area contributed by atoms with E-state index in [9.17, 15) is 0 Å². The molecule has 0 aromatic carbocycles. The number of hydrogen-bond acceptors (Lipinski definition) is 3. The molecule has 0 amide bonds. The molecule has 0 spiro atoms. The highest BCUT2D eigenvalue weighted by molar-refractivity contribution is 4.60. The lowest BCUT2D eigenvalue weighted by Crippen LogP contribution is -2.33. The van der Waals surface area contributed by atoms with Crippen molar-refractivity contribution in [3.63, 3.8) is 0 Å². The SMILES string of the molecule is CCCCCCOC(CNCCC)COC. The number of rotatable bonds is 12. The van der Waals surface area contributed by atoms with Gasteiger partial charge in [0.15, 0.2) is 0 Å². The van der Waals surface area contributed by atoms with Gasteiger partial charge in [0.25, 0.3) is 0 Å². The summed E-state index contributed by atoms with van der Waals surface area (Å²) in [6.45, 7) is 7.90. The molecule has 0 aliphatic rings. The zero-order valence-electron chi connectivity index (χ0n) is 11.3.